The van der Waals surface area contributed by atoms with Gasteiger partial charge in [0.05, 0.1) is 12.8 Å². The van der Waals surface area contributed by atoms with Gasteiger partial charge in [-0.05, 0) is 61.0 Å². The predicted molar refractivity (Wildman–Crippen MR) is 118 cm³/mol. The van der Waals surface area contributed by atoms with Crippen molar-refractivity contribution in [3.05, 3.63) is 82.9 Å². The van der Waals surface area contributed by atoms with Crippen LogP contribution in [0.1, 0.15) is 15.9 Å². The SMILES string of the molecule is COc1ccccc1NC(=O)c1ccc(OCC(=O)Nc2cccc(Cl)c2C)cc1. The number of hydrogen-bond acceptors (Lipinski definition) is 4. The van der Waals surface area contributed by atoms with Gasteiger partial charge in [-0.2, -0.15) is 0 Å². The summed E-state index contributed by atoms with van der Waals surface area (Å²) in [5, 5.41) is 6.15. The van der Waals surface area contributed by atoms with E-state index in [0.29, 0.717) is 33.5 Å². The number of nitrogens with one attached hydrogen (secondary N) is 2. The molecule has 3 rings (SSSR count). The molecule has 0 aliphatic carbocycles. The molecule has 0 spiro atoms. The Bertz CT molecular complexity index is 1050. The first-order chi connectivity index (χ1) is 14.5. The van der Waals surface area contributed by atoms with Gasteiger partial charge >= 0.3 is 0 Å². The number of amides is 2. The number of halogens is 1. The van der Waals surface area contributed by atoms with Gasteiger partial charge < -0.3 is 20.1 Å². The monoisotopic (exact) mass is 424 g/mol. The quantitative estimate of drug-likeness (QED) is 0.564. The Hall–Kier alpha value is -3.51. The van der Waals surface area contributed by atoms with Gasteiger partial charge in [0.25, 0.3) is 11.8 Å². The van der Waals surface area contributed by atoms with E-state index in [1.54, 1.807) is 61.7 Å². The van der Waals surface area contributed by atoms with Crippen LogP contribution in [0.4, 0.5) is 11.4 Å². The van der Waals surface area contributed by atoms with Crippen molar-refractivity contribution in [1.29, 1.82) is 0 Å². The Morgan fingerprint density at radius 2 is 1.60 bits per heavy atom. The number of carbonyl (C=O) groups is 2. The van der Waals surface area contributed by atoms with Crippen molar-refractivity contribution in [2.75, 3.05) is 24.4 Å². The topological polar surface area (TPSA) is 76.7 Å². The summed E-state index contributed by atoms with van der Waals surface area (Å²) in [5.41, 5.74) is 2.46. The molecule has 0 saturated heterocycles. The van der Waals surface area contributed by atoms with Crippen molar-refractivity contribution in [2.45, 2.75) is 6.92 Å². The molecule has 2 amide bonds. The second kappa shape index (κ2) is 9.80. The number of anilines is 2. The highest BCUT2D eigenvalue weighted by Gasteiger charge is 2.11. The lowest BCUT2D eigenvalue weighted by Gasteiger charge is -2.11. The summed E-state index contributed by atoms with van der Waals surface area (Å²) in [6.07, 6.45) is 0. The number of hydrogen-bond donors (Lipinski definition) is 2. The Kier molecular flexibility index (Phi) is 6.93. The van der Waals surface area contributed by atoms with Gasteiger partial charge in [0.2, 0.25) is 0 Å². The van der Waals surface area contributed by atoms with Gasteiger partial charge in [0.15, 0.2) is 6.61 Å². The molecule has 3 aromatic carbocycles. The molecule has 3 aromatic rings. The molecule has 0 aliphatic rings. The van der Waals surface area contributed by atoms with Crippen LogP contribution in [0.3, 0.4) is 0 Å². The first-order valence-electron chi connectivity index (χ1n) is 9.20. The van der Waals surface area contributed by atoms with Crippen LogP contribution in [0, 0.1) is 6.92 Å². The molecule has 0 saturated carbocycles. The fourth-order valence-corrected chi connectivity index (χ4v) is 2.90. The van der Waals surface area contributed by atoms with Crippen LogP contribution in [-0.4, -0.2) is 25.5 Å². The highest BCUT2D eigenvalue weighted by Crippen LogP contribution is 2.24. The van der Waals surface area contributed by atoms with E-state index >= 15 is 0 Å². The first-order valence-corrected chi connectivity index (χ1v) is 9.58. The summed E-state index contributed by atoms with van der Waals surface area (Å²) < 4.78 is 10.7. The van der Waals surface area contributed by atoms with E-state index in [1.165, 1.54) is 0 Å². The molecule has 0 atom stereocenters. The zero-order chi connectivity index (χ0) is 21.5. The summed E-state index contributed by atoms with van der Waals surface area (Å²) in [6, 6.07) is 19.0. The summed E-state index contributed by atoms with van der Waals surface area (Å²) in [5.74, 6) is 0.465. The molecule has 0 radical (unpaired) electrons. The normalized spacial score (nSPS) is 10.2. The van der Waals surface area contributed by atoms with Crippen molar-refractivity contribution in [2.24, 2.45) is 0 Å². The molecule has 0 bridgehead atoms. The lowest BCUT2D eigenvalue weighted by Crippen LogP contribution is -2.20. The number of ether oxygens (including phenoxy) is 2. The van der Waals surface area contributed by atoms with E-state index in [4.69, 9.17) is 21.1 Å². The molecule has 30 heavy (non-hydrogen) atoms. The minimum absolute atomic E-state index is 0.168. The number of para-hydroxylation sites is 2. The molecule has 0 aliphatic heterocycles. The summed E-state index contributed by atoms with van der Waals surface area (Å²) in [6.45, 7) is 1.66. The summed E-state index contributed by atoms with van der Waals surface area (Å²) >= 11 is 6.06. The lowest BCUT2D eigenvalue weighted by molar-refractivity contribution is -0.118. The first kappa shape index (κ1) is 21.2. The van der Waals surface area contributed by atoms with Crippen molar-refractivity contribution in [3.63, 3.8) is 0 Å². The van der Waals surface area contributed by atoms with Crippen LogP contribution in [0.2, 0.25) is 5.02 Å². The molecule has 0 unspecified atom stereocenters. The number of rotatable bonds is 7. The Labute approximate surface area is 179 Å². The molecular formula is C23H21ClN2O4. The Balaban J connectivity index is 1.56. The number of carbonyl (C=O) groups excluding carboxylic acids is 2. The highest BCUT2D eigenvalue weighted by molar-refractivity contribution is 6.31. The maximum atomic E-state index is 12.4. The van der Waals surface area contributed by atoms with Crippen molar-refractivity contribution < 1.29 is 19.1 Å². The largest absolute Gasteiger partial charge is 0.495 e. The van der Waals surface area contributed by atoms with E-state index in [1.807, 2.05) is 19.1 Å². The van der Waals surface area contributed by atoms with Gasteiger partial charge in [0, 0.05) is 16.3 Å². The average molecular weight is 425 g/mol. The Morgan fingerprint density at radius 1 is 0.900 bits per heavy atom. The third-order valence-corrected chi connectivity index (χ3v) is 4.79. The van der Waals surface area contributed by atoms with E-state index in [-0.39, 0.29) is 18.4 Å². The molecule has 2 N–H and O–H groups in total. The smallest absolute Gasteiger partial charge is 0.262 e. The molecule has 6 nitrogen and oxygen atoms in total. The third-order valence-electron chi connectivity index (χ3n) is 4.38. The third kappa shape index (κ3) is 5.30. The minimum atomic E-state index is -0.307. The lowest BCUT2D eigenvalue weighted by atomic mass is 10.2. The fourth-order valence-electron chi connectivity index (χ4n) is 2.72. The van der Waals surface area contributed by atoms with Gasteiger partial charge in [-0.15, -0.1) is 0 Å². The van der Waals surface area contributed by atoms with Crippen LogP contribution in [-0.2, 0) is 4.79 Å². The van der Waals surface area contributed by atoms with E-state index < -0.39 is 0 Å². The maximum absolute atomic E-state index is 12.4. The maximum Gasteiger partial charge on any atom is 0.262 e. The minimum Gasteiger partial charge on any atom is -0.495 e. The zero-order valence-electron chi connectivity index (χ0n) is 16.6. The van der Waals surface area contributed by atoms with Gasteiger partial charge in [-0.1, -0.05) is 29.8 Å². The number of methoxy groups -OCH3 is 1. The molecule has 154 valence electrons. The highest BCUT2D eigenvalue weighted by atomic mass is 35.5. The van der Waals surface area contributed by atoms with E-state index in [0.717, 1.165) is 5.56 Å². The second-order valence-corrected chi connectivity index (χ2v) is 6.84. The van der Waals surface area contributed by atoms with Crippen LogP contribution in [0.25, 0.3) is 0 Å². The van der Waals surface area contributed by atoms with Crippen LogP contribution < -0.4 is 20.1 Å². The number of benzene rings is 3. The van der Waals surface area contributed by atoms with Gasteiger partial charge in [-0.3, -0.25) is 9.59 Å². The average Bonchev–Trinajstić information content (AvgIpc) is 2.76. The molecule has 7 heteroatoms. The van der Waals surface area contributed by atoms with Crippen molar-refractivity contribution >= 4 is 34.8 Å². The van der Waals surface area contributed by atoms with Gasteiger partial charge in [-0.25, -0.2) is 0 Å². The molecule has 0 aromatic heterocycles. The summed E-state index contributed by atoms with van der Waals surface area (Å²) in [4.78, 5) is 24.6. The van der Waals surface area contributed by atoms with Gasteiger partial charge in [0.1, 0.15) is 11.5 Å². The van der Waals surface area contributed by atoms with Crippen LogP contribution >= 0.6 is 11.6 Å². The van der Waals surface area contributed by atoms with E-state index in [2.05, 4.69) is 10.6 Å². The molecule has 0 fully saturated rings. The predicted octanol–water partition coefficient (Wildman–Crippen LogP) is 4.93. The molecule has 0 heterocycles. The van der Waals surface area contributed by atoms with Crippen molar-refractivity contribution in [1.82, 2.24) is 0 Å². The molecular weight excluding hydrogens is 404 g/mol. The second-order valence-electron chi connectivity index (χ2n) is 6.43. The zero-order valence-corrected chi connectivity index (χ0v) is 17.3. The van der Waals surface area contributed by atoms with Crippen LogP contribution in [0.15, 0.2) is 66.7 Å². The van der Waals surface area contributed by atoms with Crippen LogP contribution in [0.5, 0.6) is 11.5 Å². The van der Waals surface area contributed by atoms with E-state index in [9.17, 15) is 9.59 Å². The summed E-state index contributed by atoms with van der Waals surface area (Å²) in [7, 11) is 1.54. The Morgan fingerprint density at radius 3 is 2.33 bits per heavy atom. The van der Waals surface area contributed by atoms with Crippen molar-refractivity contribution in [3.8, 4) is 11.5 Å². The standard InChI is InChI=1S/C23H21ClN2O4/c1-15-18(24)6-5-8-19(15)25-22(27)14-30-17-12-10-16(11-13-17)23(28)26-20-7-3-4-9-21(20)29-2/h3-13H,14H2,1-2H3,(H,25,27)(H,26,28). The fraction of sp³-hybridized carbons (Fsp3) is 0.130.